The van der Waals surface area contributed by atoms with Crippen LogP contribution in [0.1, 0.15) is 47.9 Å². The molecule has 0 aliphatic heterocycles. The van der Waals surface area contributed by atoms with E-state index >= 15 is 0 Å². The van der Waals surface area contributed by atoms with E-state index in [9.17, 15) is 0 Å². The summed E-state index contributed by atoms with van der Waals surface area (Å²) in [5.41, 5.74) is 6.62. The van der Waals surface area contributed by atoms with Gasteiger partial charge in [0.15, 0.2) is 0 Å². The molecule has 3 rings (SSSR count). The topological polar surface area (TPSA) is 63.8 Å². The van der Waals surface area contributed by atoms with Gasteiger partial charge in [0.25, 0.3) is 0 Å². The van der Waals surface area contributed by atoms with E-state index in [4.69, 9.17) is 5.84 Å². The van der Waals surface area contributed by atoms with Crippen LogP contribution in [-0.4, -0.2) is 10.2 Å². The Balaban J connectivity index is 1.99. The smallest absolute Gasteiger partial charge is 0.0729 e. The number of hydrazine groups is 1. The molecule has 1 aromatic carbocycles. The fourth-order valence-corrected chi connectivity index (χ4v) is 2.70. The molecule has 98 valence electrons. The predicted molar refractivity (Wildman–Crippen MR) is 74.2 cm³/mol. The minimum Gasteiger partial charge on any atom is -0.271 e. The first-order chi connectivity index (χ1) is 9.40. The van der Waals surface area contributed by atoms with E-state index in [1.54, 1.807) is 12.4 Å². The molecule has 2 aromatic rings. The number of benzene rings is 1. The lowest BCUT2D eigenvalue weighted by molar-refractivity contribution is 0.414. The van der Waals surface area contributed by atoms with Gasteiger partial charge in [-0.2, -0.15) is 10.2 Å². The van der Waals surface area contributed by atoms with Crippen molar-refractivity contribution in [2.45, 2.75) is 31.2 Å². The second-order valence-electron chi connectivity index (χ2n) is 5.03. The highest BCUT2D eigenvalue weighted by Gasteiger charge is 2.25. The minimum atomic E-state index is -0.0210. The van der Waals surface area contributed by atoms with Crippen LogP contribution in [0.5, 0.6) is 0 Å². The van der Waals surface area contributed by atoms with E-state index in [2.05, 4.69) is 39.9 Å². The van der Waals surface area contributed by atoms with Crippen LogP contribution in [0.15, 0.2) is 42.7 Å². The summed E-state index contributed by atoms with van der Waals surface area (Å²) in [7, 11) is 0. The summed E-state index contributed by atoms with van der Waals surface area (Å²) in [6, 6.07) is 10.5. The third-order valence-corrected chi connectivity index (χ3v) is 3.96. The van der Waals surface area contributed by atoms with Crippen molar-refractivity contribution >= 4 is 0 Å². The second-order valence-corrected chi connectivity index (χ2v) is 5.03. The first kappa shape index (κ1) is 12.3. The number of nitrogens with one attached hydrogen (secondary N) is 1. The Hall–Kier alpha value is -1.78. The second kappa shape index (κ2) is 5.47. The number of hydrogen-bond donors (Lipinski definition) is 2. The minimum absolute atomic E-state index is 0.0210. The van der Waals surface area contributed by atoms with Crippen LogP contribution in [-0.2, 0) is 0 Å². The molecule has 1 saturated carbocycles. The van der Waals surface area contributed by atoms with Gasteiger partial charge in [0, 0.05) is 6.20 Å². The van der Waals surface area contributed by atoms with Crippen molar-refractivity contribution in [3.05, 3.63) is 59.4 Å². The molecule has 4 nitrogen and oxygen atoms in total. The van der Waals surface area contributed by atoms with Gasteiger partial charge in [0.1, 0.15) is 0 Å². The lowest BCUT2D eigenvalue weighted by Gasteiger charge is -2.30. The zero-order valence-electron chi connectivity index (χ0n) is 10.8. The highest BCUT2D eigenvalue weighted by Crippen LogP contribution is 2.40. The van der Waals surface area contributed by atoms with Gasteiger partial charge < -0.3 is 0 Å². The average Bonchev–Trinajstić information content (AvgIpc) is 2.41. The molecular formula is C15H18N4. The highest BCUT2D eigenvalue weighted by molar-refractivity contribution is 5.38. The molecule has 4 heteroatoms. The SMILES string of the molecule is NNC(c1ccnnc1)c1ccccc1C1CCC1. The lowest BCUT2D eigenvalue weighted by Crippen LogP contribution is -2.30. The molecule has 0 saturated heterocycles. The van der Waals surface area contributed by atoms with Crippen LogP contribution in [0, 0.1) is 0 Å². The summed E-state index contributed by atoms with van der Waals surface area (Å²) in [6.45, 7) is 0. The Morgan fingerprint density at radius 3 is 2.63 bits per heavy atom. The van der Waals surface area contributed by atoms with Crippen molar-refractivity contribution < 1.29 is 0 Å². The maximum atomic E-state index is 5.77. The standard InChI is InChI=1S/C15H18N4/c16-19-15(12-8-9-17-18-10-12)14-7-2-1-6-13(14)11-4-3-5-11/h1-2,6-11,15,19H,3-5,16H2. The van der Waals surface area contributed by atoms with E-state index in [0.717, 1.165) is 5.56 Å². The van der Waals surface area contributed by atoms with Gasteiger partial charge in [0.2, 0.25) is 0 Å². The Morgan fingerprint density at radius 1 is 1.16 bits per heavy atom. The zero-order chi connectivity index (χ0) is 13.1. The first-order valence-electron chi connectivity index (χ1n) is 6.71. The Bertz CT molecular complexity index is 537. The summed E-state index contributed by atoms with van der Waals surface area (Å²) < 4.78 is 0. The van der Waals surface area contributed by atoms with Gasteiger partial charge in [0.05, 0.1) is 12.2 Å². The summed E-state index contributed by atoms with van der Waals surface area (Å²) in [5, 5.41) is 7.76. The molecule has 19 heavy (non-hydrogen) atoms. The molecule has 0 spiro atoms. The zero-order valence-corrected chi connectivity index (χ0v) is 10.8. The van der Waals surface area contributed by atoms with E-state index in [1.807, 2.05) is 6.07 Å². The summed E-state index contributed by atoms with van der Waals surface area (Å²) >= 11 is 0. The number of hydrogen-bond acceptors (Lipinski definition) is 4. The summed E-state index contributed by atoms with van der Waals surface area (Å²) in [5.74, 6) is 6.45. The molecule has 1 atom stereocenters. The molecule has 3 N–H and O–H groups in total. The number of nitrogens with two attached hydrogens (primary N) is 1. The van der Waals surface area contributed by atoms with Gasteiger partial charge in [-0.25, -0.2) is 5.43 Å². The molecule has 0 amide bonds. The number of aromatic nitrogens is 2. The average molecular weight is 254 g/mol. The van der Waals surface area contributed by atoms with Crippen molar-refractivity contribution in [2.75, 3.05) is 0 Å². The molecule has 1 heterocycles. The van der Waals surface area contributed by atoms with E-state index in [-0.39, 0.29) is 6.04 Å². The molecule has 1 unspecified atom stereocenters. The first-order valence-corrected chi connectivity index (χ1v) is 6.71. The van der Waals surface area contributed by atoms with Crippen LogP contribution in [0.2, 0.25) is 0 Å². The van der Waals surface area contributed by atoms with Gasteiger partial charge in [-0.1, -0.05) is 30.7 Å². The lowest BCUT2D eigenvalue weighted by atomic mass is 9.76. The quantitative estimate of drug-likeness (QED) is 0.649. The van der Waals surface area contributed by atoms with E-state index in [1.165, 1.54) is 30.4 Å². The van der Waals surface area contributed by atoms with Crippen LogP contribution in [0.3, 0.4) is 0 Å². The van der Waals surface area contributed by atoms with E-state index < -0.39 is 0 Å². The van der Waals surface area contributed by atoms with Crippen molar-refractivity contribution in [3.63, 3.8) is 0 Å². The number of rotatable bonds is 4. The van der Waals surface area contributed by atoms with Crippen molar-refractivity contribution in [2.24, 2.45) is 5.84 Å². The van der Waals surface area contributed by atoms with Gasteiger partial charge >= 0.3 is 0 Å². The molecular weight excluding hydrogens is 236 g/mol. The summed E-state index contributed by atoms with van der Waals surface area (Å²) in [6.07, 6.45) is 7.36. The van der Waals surface area contributed by atoms with Crippen molar-refractivity contribution in [1.82, 2.24) is 15.6 Å². The predicted octanol–water partition coefficient (Wildman–Crippen LogP) is 2.30. The van der Waals surface area contributed by atoms with Crippen LogP contribution >= 0.6 is 0 Å². The monoisotopic (exact) mass is 254 g/mol. The molecule has 0 bridgehead atoms. The normalized spacial score (nSPS) is 16.9. The molecule has 1 aliphatic carbocycles. The maximum absolute atomic E-state index is 5.77. The maximum Gasteiger partial charge on any atom is 0.0729 e. The van der Waals surface area contributed by atoms with Crippen molar-refractivity contribution in [1.29, 1.82) is 0 Å². The van der Waals surface area contributed by atoms with Gasteiger partial charge in [-0.3, -0.25) is 5.84 Å². The van der Waals surface area contributed by atoms with Crippen molar-refractivity contribution in [3.8, 4) is 0 Å². The third kappa shape index (κ3) is 2.37. The summed E-state index contributed by atoms with van der Waals surface area (Å²) in [4.78, 5) is 0. The Morgan fingerprint density at radius 2 is 2.00 bits per heavy atom. The van der Waals surface area contributed by atoms with Gasteiger partial charge in [-0.05, 0) is 41.5 Å². The Labute approximate surface area is 113 Å². The fourth-order valence-electron chi connectivity index (χ4n) is 2.70. The molecule has 1 aliphatic rings. The van der Waals surface area contributed by atoms with Crippen LogP contribution < -0.4 is 11.3 Å². The van der Waals surface area contributed by atoms with Crippen LogP contribution in [0.4, 0.5) is 0 Å². The largest absolute Gasteiger partial charge is 0.271 e. The van der Waals surface area contributed by atoms with Gasteiger partial charge in [-0.15, -0.1) is 0 Å². The molecule has 1 aromatic heterocycles. The molecule has 0 radical (unpaired) electrons. The third-order valence-electron chi connectivity index (χ3n) is 3.96. The fraction of sp³-hybridized carbons (Fsp3) is 0.333. The molecule has 1 fully saturated rings. The highest BCUT2D eigenvalue weighted by atomic mass is 15.2. The number of nitrogens with zero attached hydrogens (tertiary/aromatic N) is 2. The Kier molecular flexibility index (Phi) is 3.53. The van der Waals surface area contributed by atoms with Crippen LogP contribution in [0.25, 0.3) is 0 Å². The van der Waals surface area contributed by atoms with E-state index in [0.29, 0.717) is 5.92 Å².